The SMILES string of the molecule is O=C1/C(=C/c2cn3cc(Cl)ccc3n2)Cc2c(O)cccc21. The Hall–Kier alpha value is -2.59. The molecular formula is C17H11ClN2O2. The zero-order valence-corrected chi connectivity index (χ0v) is 12.2. The minimum absolute atomic E-state index is 0.0546. The van der Waals surface area contributed by atoms with Crippen LogP contribution in [0.5, 0.6) is 5.75 Å². The number of ketones is 1. The summed E-state index contributed by atoms with van der Waals surface area (Å²) in [7, 11) is 0. The number of hydrogen-bond donors (Lipinski definition) is 1. The number of allylic oxidation sites excluding steroid dienone is 1. The molecule has 0 unspecified atom stereocenters. The van der Waals surface area contributed by atoms with E-state index in [1.807, 2.05) is 16.7 Å². The molecule has 4 nitrogen and oxygen atoms in total. The molecule has 2 aromatic heterocycles. The number of Topliss-reactive ketones (excluding diaryl/α,β-unsaturated/α-hetero) is 1. The van der Waals surface area contributed by atoms with Gasteiger partial charge in [-0.05, 0) is 24.3 Å². The van der Waals surface area contributed by atoms with E-state index in [4.69, 9.17) is 11.6 Å². The van der Waals surface area contributed by atoms with Gasteiger partial charge in [-0.3, -0.25) is 4.79 Å². The molecular weight excluding hydrogens is 300 g/mol. The maximum Gasteiger partial charge on any atom is 0.189 e. The van der Waals surface area contributed by atoms with Crippen molar-refractivity contribution in [1.82, 2.24) is 9.38 Å². The van der Waals surface area contributed by atoms with Gasteiger partial charge in [-0.25, -0.2) is 4.98 Å². The monoisotopic (exact) mass is 310 g/mol. The van der Waals surface area contributed by atoms with E-state index in [-0.39, 0.29) is 11.5 Å². The van der Waals surface area contributed by atoms with Gasteiger partial charge in [0.2, 0.25) is 0 Å². The lowest BCUT2D eigenvalue weighted by atomic mass is 10.1. The van der Waals surface area contributed by atoms with Crippen molar-refractivity contribution in [1.29, 1.82) is 0 Å². The Morgan fingerprint density at radius 2 is 2.09 bits per heavy atom. The Kier molecular flexibility index (Phi) is 2.81. The fraction of sp³-hybridized carbons (Fsp3) is 0.0588. The summed E-state index contributed by atoms with van der Waals surface area (Å²) in [5.41, 5.74) is 3.34. The molecule has 1 aliphatic carbocycles. The molecule has 0 atom stereocenters. The van der Waals surface area contributed by atoms with E-state index in [1.54, 1.807) is 36.5 Å². The van der Waals surface area contributed by atoms with Crippen LogP contribution in [0.1, 0.15) is 21.6 Å². The summed E-state index contributed by atoms with van der Waals surface area (Å²) in [6.07, 6.45) is 5.78. The van der Waals surface area contributed by atoms with Gasteiger partial charge in [0.25, 0.3) is 0 Å². The van der Waals surface area contributed by atoms with Crippen molar-refractivity contribution in [2.75, 3.05) is 0 Å². The molecule has 1 N–H and O–H groups in total. The average molecular weight is 311 g/mol. The lowest BCUT2D eigenvalue weighted by Gasteiger charge is -1.97. The topological polar surface area (TPSA) is 54.6 Å². The highest BCUT2D eigenvalue weighted by Crippen LogP contribution is 2.33. The first kappa shape index (κ1) is 13.1. The minimum atomic E-state index is -0.0546. The van der Waals surface area contributed by atoms with Gasteiger partial charge in [-0.2, -0.15) is 0 Å². The quantitative estimate of drug-likeness (QED) is 0.700. The number of phenols is 1. The molecule has 4 rings (SSSR count). The second kappa shape index (κ2) is 4.71. The fourth-order valence-corrected chi connectivity index (χ4v) is 2.93. The molecule has 1 aliphatic rings. The number of carbonyl (C=O) groups excluding carboxylic acids is 1. The number of hydrogen-bond acceptors (Lipinski definition) is 3. The minimum Gasteiger partial charge on any atom is -0.508 e. The number of phenolic OH excluding ortho intramolecular Hbond substituents is 1. The van der Waals surface area contributed by atoms with Crippen LogP contribution < -0.4 is 0 Å². The first-order valence-corrected chi connectivity index (χ1v) is 7.20. The Bertz CT molecular complexity index is 956. The number of fused-ring (bicyclic) bond motifs is 2. The molecule has 0 saturated heterocycles. The van der Waals surface area contributed by atoms with Crippen LogP contribution in [-0.4, -0.2) is 20.3 Å². The lowest BCUT2D eigenvalue weighted by molar-refractivity contribution is 0.104. The number of halogens is 1. The summed E-state index contributed by atoms with van der Waals surface area (Å²) >= 11 is 5.95. The number of benzene rings is 1. The van der Waals surface area contributed by atoms with Crippen molar-refractivity contribution in [3.63, 3.8) is 0 Å². The maximum absolute atomic E-state index is 12.4. The summed E-state index contributed by atoms with van der Waals surface area (Å²) in [5, 5.41) is 10.5. The third kappa shape index (κ3) is 2.00. The van der Waals surface area contributed by atoms with Gasteiger partial charge in [0.05, 0.1) is 10.7 Å². The first-order chi connectivity index (χ1) is 10.6. The number of imidazole rings is 1. The van der Waals surface area contributed by atoms with Gasteiger partial charge >= 0.3 is 0 Å². The third-order valence-corrected chi connectivity index (χ3v) is 4.03. The van der Waals surface area contributed by atoms with Crippen LogP contribution in [0.4, 0.5) is 0 Å². The van der Waals surface area contributed by atoms with Gasteiger partial charge in [-0.1, -0.05) is 23.7 Å². The van der Waals surface area contributed by atoms with Crippen LogP contribution in [0.25, 0.3) is 11.7 Å². The van der Waals surface area contributed by atoms with Crippen LogP contribution in [0, 0.1) is 0 Å². The van der Waals surface area contributed by atoms with E-state index in [9.17, 15) is 9.90 Å². The predicted octanol–water partition coefficient (Wildman–Crippen LogP) is 3.52. The Balaban J connectivity index is 1.77. The van der Waals surface area contributed by atoms with Crippen molar-refractivity contribution in [3.05, 3.63) is 70.1 Å². The van der Waals surface area contributed by atoms with E-state index in [2.05, 4.69) is 4.98 Å². The van der Waals surface area contributed by atoms with Gasteiger partial charge in [0.15, 0.2) is 5.78 Å². The summed E-state index contributed by atoms with van der Waals surface area (Å²) in [5.74, 6) is 0.108. The van der Waals surface area contributed by atoms with E-state index < -0.39 is 0 Å². The maximum atomic E-state index is 12.4. The zero-order valence-electron chi connectivity index (χ0n) is 11.5. The molecule has 22 heavy (non-hydrogen) atoms. The number of pyridine rings is 1. The van der Waals surface area contributed by atoms with Crippen LogP contribution >= 0.6 is 11.6 Å². The highest BCUT2D eigenvalue weighted by Gasteiger charge is 2.27. The van der Waals surface area contributed by atoms with Crippen LogP contribution in [0.2, 0.25) is 5.02 Å². The second-order valence-corrected chi connectivity index (χ2v) is 5.69. The van der Waals surface area contributed by atoms with Gasteiger partial charge in [0, 0.05) is 35.5 Å². The van der Waals surface area contributed by atoms with Gasteiger partial charge < -0.3 is 9.51 Å². The summed E-state index contributed by atoms with van der Waals surface area (Å²) < 4.78 is 1.82. The van der Waals surface area contributed by atoms with Crippen molar-refractivity contribution in [2.45, 2.75) is 6.42 Å². The molecule has 5 heteroatoms. The van der Waals surface area contributed by atoms with E-state index in [0.29, 0.717) is 33.8 Å². The highest BCUT2D eigenvalue weighted by molar-refractivity contribution is 6.30. The molecule has 0 bridgehead atoms. The van der Waals surface area contributed by atoms with Crippen molar-refractivity contribution in [3.8, 4) is 5.75 Å². The molecule has 1 aromatic carbocycles. The van der Waals surface area contributed by atoms with E-state index in [0.717, 1.165) is 5.65 Å². The Morgan fingerprint density at radius 3 is 2.91 bits per heavy atom. The van der Waals surface area contributed by atoms with Gasteiger partial charge in [-0.15, -0.1) is 0 Å². The van der Waals surface area contributed by atoms with Crippen LogP contribution in [-0.2, 0) is 6.42 Å². The summed E-state index contributed by atoms with van der Waals surface area (Å²) in [6.45, 7) is 0. The fourth-order valence-electron chi connectivity index (χ4n) is 2.77. The molecule has 0 aliphatic heterocycles. The Morgan fingerprint density at radius 1 is 1.23 bits per heavy atom. The third-order valence-electron chi connectivity index (χ3n) is 3.81. The highest BCUT2D eigenvalue weighted by atomic mass is 35.5. The zero-order chi connectivity index (χ0) is 15.3. The summed E-state index contributed by atoms with van der Waals surface area (Å²) in [4.78, 5) is 16.8. The molecule has 0 amide bonds. The van der Waals surface area contributed by atoms with Crippen molar-refractivity contribution < 1.29 is 9.90 Å². The standard InChI is InChI=1S/C17H11ClN2O2/c18-11-4-5-16-19-12(9-20(16)8-11)6-10-7-14-13(17(10)22)2-1-3-15(14)21/h1-6,8-9,21H,7H2/b10-6+. The molecule has 2 heterocycles. The summed E-state index contributed by atoms with van der Waals surface area (Å²) in [6, 6.07) is 8.61. The smallest absolute Gasteiger partial charge is 0.189 e. The number of nitrogens with zero attached hydrogens (tertiary/aromatic N) is 2. The number of rotatable bonds is 1. The first-order valence-electron chi connectivity index (χ1n) is 6.82. The molecule has 0 fully saturated rings. The van der Waals surface area contributed by atoms with Crippen LogP contribution in [0.3, 0.4) is 0 Å². The van der Waals surface area contributed by atoms with E-state index in [1.165, 1.54) is 0 Å². The second-order valence-electron chi connectivity index (χ2n) is 5.26. The predicted molar refractivity (Wildman–Crippen MR) is 84.3 cm³/mol. The van der Waals surface area contributed by atoms with E-state index >= 15 is 0 Å². The number of carbonyl (C=O) groups is 1. The number of aromatic nitrogens is 2. The van der Waals surface area contributed by atoms with Crippen LogP contribution in [0.15, 0.2) is 48.3 Å². The molecule has 0 saturated carbocycles. The molecule has 0 spiro atoms. The molecule has 0 radical (unpaired) electrons. The van der Waals surface area contributed by atoms with Crippen molar-refractivity contribution >= 4 is 29.1 Å². The molecule has 3 aromatic rings. The Labute approximate surface area is 131 Å². The van der Waals surface area contributed by atoms with Gasteiger partial charge in [0.1, 0.15) is 11.4 Å². The largest absolute Gasteiger partial charge is 0.508 e. The number of aromatic hydroxyl groups is 1. The normalized spacial score (nSPS) is 15.7. The lowest BCUT2D eigenvalue weighted by Crippen LogP contribution is -1.94. The molecule has 108 valence electrons. The average Bonchev–Trinajstić information content (AvgIpc) is 3.02. The van der Waals surface area contributed by atoms with Crippen molar-refractivity contribution in [2.24, 2.45) is 0 Å².